The molecule has 5 heterocycles. The molecule has 4 aliphatic rings. The van der Waals surface area contributed by atoms with Crippen molar-refractivity contribution in [3.8, 4) is 11.4 Å². The van der Waals surface area contributed by atoms with Gasteiger partial charge in [-0.15, -0.1) is 0 Å². The van der Waals surface area contributed by atoms with E-state index >= 15 is 0 Å². The molecule has 15 nitrogen and oxygen atoms in total. The zero-order chi connectivity index (χ0) is 53.9. The summed E-state index contributed by atoms with van der Waals surface area (Å²) in [5, 5.41) is 20.5. The first-order valence-electron chi connectivity index (χ1n) is 24.7. The number of likely N-dealkylation sites (N-methyl/N-ethyl adjacent to an activating group) is 1. The van der Waals surface area contributed by atoms with Crippen molar-refractivity contribution in [3.63, 3.8) is 0 Å². The van der Waals surface area contributed by atoms with Gasteiger partial charge in [-0.1, -0.05) is 88.0 Å². The molecular formula is C55H53Cl4F2N7O8. The maximum absolute atomic E-state index is 14.2. The number of carboxylic acids is 1. The van der Waals surface area contributed by atoms with E-state index < -0.39 is 41.2 Å². The Hall–Kier alpha value is -6.34. The SMILES string of the molecule is Cc1nc(-c2ccc(CN(C)C(=O)C(CCN3CCC4(CC3)OC(=O)Nc3ccc(F)cc34)c3ccc(Cl)c(Cl)c3)cc2)no1.O=C1Nc2ccc(F)cc2C2(CCN(CCC(C(=O)O)c3ccc(Cl)c(Cl)c3)CC2)O1. The number of ether oxygens (including phenoxy) is 2. The topological polar surface area (TPSA) is 180 Å². The molecule has 2 atom stereocenters. The van der Waals surface area contributed by atoms with E-state index in [4.69, 9.17) is 60.4 Å². The van der Waals surface area contributed by atoms with Crippen molar-refractivity contribution in [2.24, 2.45) is 0 Å². The zero-order valence-electron chi connectivity index (χ0n) is 41.4. The molecule has 5 aromatic carbocycles. The molecule has 398 valence electrons. The van der Waals surface area contributed by atoms with E-state index in [0.29, 0.717) is 144 Å². The summed E-state index contributed by atoms with van der Waals surface area (Å²) >= 11 is 24.6. The van der Waals surface area contributed by atoms with E-state index in [9.17, 15) is 33.1 Å². The van der Waals surface area contributed by atoms with Crippen LogP contribution in [0.3, 0.4) is 0 Å². The molecule has 76 heavy (non-hydrogen) atoms. The normalized spacial score (nSPS) is 17.4. The lowest BCUT2D eigenvalue weighted by Gasteiger charge is -2.44. The Morgan fingerprint density at radius 2 is 1.16 bits per heavy atom. The fourth-order valence-corrected chi connectivity index (χ4v) is 11.1. The number of anilines is 2. The van der Waals surface area contributed by atoms with Gasteiger partial charge in [0.25, 0.3) is 0 Å². The van der Waals surface area contributed by atoms with Crippen LogP contribution < -0.4 is 10.6 Å². The minimum Gasteiger partial charge on any atom is -0.481 e. The monoisotopic (exact) mass is 1120 g/mol. The van der Waals surface area contributed by atoms with Gasteiger partial charge in [-0.2, -0.15) is 4.98 Å². The maximum atomic E-state index is 14.2. The number of hydrogen-bond acceptors (Lipinski definition) is 11. The second-order valence-corrected chi connectivity index (χ2v) is 21.1. The van der Waals surface area contributed by atoms with Gasteiger partial charge in [-0.3, -0.25) is 20.2 Å². The highest BCUT2D eigenvalue weighted by Gasteiger charge is 2.46. The number of aromatic nitrogens is 2. The quantitative estimate of drug-likeness (QED) is 0.0998. The smallest absolute Gasteiger partial charge is 0.412 e. The third-order valence-electron chi connectivity index (χ3n) is 14.6. The summed E-state index contributed by atoms with van der Waals surface area (Å²) < 4.78 is 44.5. The molecule has 4 aliphatic heterocycles. The molecule has 6 aromatic rings. The molecule has 2 spiro atoms. The minimum atomic E-state index is -0.927. The van der Waals surface area contributed by atoms with Gasteiger partial charge in [0.05, 0.1) is 43.3 Å². The number of nitrogens with one attached hydrogen (secondary N) is 2. The average Bonchev–Trinajstić information content (AvgIpc) is 3.87. The van der Waals surface area contributed by atoms with E-state index in [1.165, 1.54) is 24.3 Å². The number of carbonyl (C=O) groups is 4. The number of nitrogens with zero attached hydrogens (tertiary/aromatic N) is 5. The number of carboxylic acid groups (broad SMARTS) is 1. The van der Waals surface area contributed by atoms with E-state index in [1.807, 2.05) is 30.3 Å². The summed E-state index contributed by atoms with van der Waals surface area (Å²) in [6.45, 7) is 5.75. The van der Waals surface area contributed by atoms with Crippen LogP contribution in [0.15, 0.2) is 102 Å². The van der Waals surface area contributed by atoms with E-state index in [2.05, 4.69) is 30.6 Å². The predicted molar refractivity (Wildman–Crippen MR) is 284 cm³/mol. The molecular weight excluding hydrogens is 1070 g/mol. The van der Waals surface area contributed by atoms with Crippen LogP contribution >= 0.6 is 46.4 Å². The molecule has 0 radical (unpaired) electrons. The van der Waals surface area contributed by atoms with E-state index in [1.54, 1.807) is 61.3 Å². The molecule has 0 aliphatic carbocycles. The third-order valence-corrected chi connectivity index (χ3v) is 16.1. The number of amides is 3. The van der Waals surface area contributed by atoms with Crippen LogP contribution in [-0.2, 0) is 36.8 Å². The van der Waals surface area contributed by atoms with Gasteiger partial charge in [0, 0.05) is 89.1 Å². The van der Waals surface area contributed by atoms with Gasteiger partial charge in [0.2, 0.25) is 17.6 Å². The van der Waals surface area contributed by atoms with Crippen LogP contribution in [0.2, 0.25) is 20.1 Å². The lowest BCUT2D eigenvalue weighted by molar-refractivity contribution is -0.139. The number of fused-ring (bicyclic) bond motifs is 4. The Morgan fingerprint density at radius 3 is 1.61 bits per heavy atom. The highest BCUT2D eigenvalue weighted by atomic mass is 35.5. The number of likely N-dealkylation sites (tertiary alicyclic amines) is 2. The molecule has 3 N–H and O–H groups in total. The summed E-state index contributed by atoms with van der Waals surface area (Å²) in [7, 11) is 1.79. The highest BCUT2D eigenvalue weighted by Crippen LogP contribution is 2.46. The molecule has 2 unspecified atom stereocenters. The van der Waals surface area contributed by atoms with Crippen LogP contribution in [0.25, 0.3) is 11.4 Å². The number of rotatable bonds is 13. The van der Waals surface area contributed by atoms with Crippen molar-refractivity contribution in [1.29, 1.82) is 0 Å². The van der Waals surface area contributed by atoms with Gasteiger partial charge in [-0.25, -0.2) is 18.4 Å². The van der Waals surface area contributed by atoms with Gasteiger partial charge >= 0.3 is 18.2 Å². The molecule has 21 heteroatoms. The Bertz CT molecular complexity index is 3150. The summed E-state index contributed by atoms with van der Waals surface area (Å²) in [6.07, 6.45) is 1.89. The molecule has 0 bridgehead atoms. The van der Waals surface area contributed by atoms with Gasteiger partial charge in [0.1, 0.15) is 22.8 Å². The summed E-state index contributed by atoms with van der Waals surface area (Å²) in [4.78, 5) is 60.5. The molecule has 2 fully saturated rings. The Morgan fingerprint density at radius 1 is 0.684 bits per heavy atom. The molecule has 0 saturated carbocycles. The largest absolute Gasteiger partial charge is 0.481 e. The van der Waals surface area contributed by atoms with Crippen molar-refractivity contribution in [2.45, 2.75) is 75.0 Å². The molecule has 1 aromatic heterocycles. The Balaban J connectivity index is 0.000000199. The van der Waals surface area contributed by atoms with Crippen LogP contribution in [0, 0.1) is 18.6 Å². The first kappa shape index (κ1) is 54.4. The Kier molecular flexibility index (Phi) is 16.5. The molecule has 2 saturated heterocycles. The number of hydrogen-bond donors (Lipinski definition) is 3. The van der Waals surface area contributed by atoms with Crippen molar-refractivity contribution < 1.29 is 47.1 Å². The number of carbonyl (C=O) groups excluding carboxylic acids is 3. The van der Waals surface area contributed by atoms with Gasteiger partial charge < -0.3 is 33.8 Å². The second kappa shape index (κ2) is 23.1. The fraction of sp³-hybridized carbons (Fsp3) is 0.345. The minimum absolute atomic E-state index is 0.0450. The summed E-state index contributed by atoms with van der Waals surface area (Å²) in [5.41, 5.74) is 3.87. The fourth-order valence-electron chi connectivity index (χ4n) is 10.5. The zero-order valence-corrected chi connectivity index (χ0v) is 44.4. The predicted octanol–water partition coefficient (Wildman–Crippen LogP) is 12.4. The third kappa shape index (κ3) is 12.3. The first-order chi connectivity index (χ1) is 36.4. The lowest BCUT2D eigenvalue weighted by atomic mass is 9.82. The van der Waals surface area contributed by atoms with E-state index in [-0.39, 0.29) is 17.5 Å². The number of aliphatic carboxylic acids is 1. The van der Waals surface area contributed by atoms with Crippen molar-refractivity contribution in [3.05, 3.63) is 162 Å². The van der Waals surface area contributed by atoms with Crippen LogP contribution in [-0.4, -0.2) is 100 Å². The number of halogens is 6. The van der Waals surface area contributed by atoms with Crippen LogP contribution in [0.4, 0.5) is 29.7 Å². The summed E-state index contributed by atoms with van der Waals surface area (Å²) in [6, 6.07) is 26.5. The average molecular weight is 1120 g/mol. The second-order valence-electron chi connectivity index (χ2n) is 19.5. The van der Waals surface area contributed by atoms with Gasteiger partial charge in [0.15, 0.2) is 0 Å². The van der Waals surface area contributed by atoms with Crippen LogP contribution in [0.5, 0.6) is 0 Å². The first-order valence-corrected chi connectivity index (χ1v) is 26.2. The van der Waals surface area contributed by atoms with E-state index in [0.717, 1.165) is 16.7 Å². The Labute approximate surface area is 457 Å². The number of aryl methyl sites for hydroxylation is 1. The molecule has 10 rings (SSSR count). The highest BCUT2D eigenvalue weighted by molar-refractivity contribution is 6.42. The number of benzene rings is 5. The van der Waals surface area contributed by atoms with Crippen molar-refractivity contribution in [1.82, 2.24) is 24.8 Å². The van der Waals surface area contributed by atoms with Crippen molar-refractivity contribution in [2.75, 3.05) is 56.9 Å². The standard InChI is InChI=1S/C33H32Cl2FN5O4.C22H21Cl2FN2O4/c1-20-37-30(39-45-20)22-5-3-21(4-6-22)19-40(2)31(42)25(23-7-9-27(34)28(35)17-23)11-14-41-15-12-33(13-16-41)26-18-24(36)8-10-29(26)38-32(43)44-33;23-17-3-1-13(11-18(17)24)15(20(28)29)5-8-27-9-6-22(7-10-27)16-12-14(25)2-4-19(16)26-21(30)31-22/h3-10,17-18,25H,11-16,19H2,1-2H3,(H,38,43);1-4,11-12,15H,5-10H2,(H,26,30)(H,28,29). The van der Waals surface area contributed by atoms with Crippen LogP contribution in [0.1, 0.15) is 84.1 Å². The lowest BCUT2D eigenvalue weighted by Crippen LogP contribution is -2.48. The number of piperidine rings is 2. The summed E-state index contributed by atoms with van der Waals surface area (Å²) in [5.74, 6) is -1.90. The van der Waals surface area contributed by atoms with Gasteiger partial charge in [-0.05, 0) is 103 Å². The van der Waals surface area contributed by atoms with Crippen molar-refractivity contribution >= 4 is 81.8 Å². The molecule has 3 amide bonds. The maximum Gasteiger partial charge on any atom is 0.412 e.